The van der Waals surface area contributed by atoms with Gasteiger partial charge in [0.15, 0.2) is 0 Å². The Morgan fingerprint density at radius 2 is 1.89 bits per heavy atom. The lowest BCUT2D eigenvalue weighted by Gasteiger charge is -2.36. The maximum absolute atomic E-state index is 12.5. The monoisotopic (exact) mass is 296 g/mol. The Hall–Kier alpha value is 0.160. The molecule has 6 heteroatoms. The zero-order chi connectivity index (χ0) is 13.8. The molecule has 1 saturated heterocycles. The third kappa shape index (κ3) is 3.83. The molecule has 0 unspecified atom stereocenters. The van der Waals surface area contributed by atoms with Crippen LogP contribution in [0, 0.1) is 5.92 Å². The molecular weight excluding hydrogens is 272 g/mol. The van der Waals surface area contributed by atoms with Crippen molar-refractivity contribution in [1.82, 2.24) is 8.61 Å². The van der Waals surface area contributed by atoms with Crippen molar-refractivity contribution < 1.29 is 8.42 Å². The summed E-state index contributed by atoms with van der Waals surface area (Å²) in [6.45, 7) is 7.66. The Morgan fingerprint density at radius 1 is 1.33 bits per heavy atom. The van der Waals surface area contributed by atoms with E-state index in [1.807, 2.05) is 20.8 Å². The Balaban J connectivity index is 2.73. The standard InChI is InChI=1S/C12H25ClN2O2S/c1-4-7-15(11(2)3)18(16,17)14-8-5-12(10-13)6-9-14/h11-12H,4-10H2,1-3H3. The van der Waals surface area contributed by atoms with Gasteiger partial charge in [0.1, 0.15) is 0 Å². The highest BCUT2D eigenvalue weighted by molar-refractivity contribution is 7.86. The largest absolute Gasteiger partial charge is 0.282 e. The molecule has 0 spiro atoms. The van der Waals surface area contributed by atoms with Gasteiger partial charge in [-0.2, -0.15) is 17.0 Å². The highest BCUT2D eigenvalue weighted by atomic mass is 35.5. The van der Waals surface area contributed by atoms with Crippen molar-refractivity contribution in [1.29, 1.82) is 0 Å². The van der Waals surface area contributed by atoms with Crippen LogP contribution in [0.25, 0.3) is 0 Å². The Labute approximate surface area is 116 Å². The molecule has 0 atom stereocenters. The van der Waals surface area contributed by atoms with E-state index in [9.17, 15) is 8.42 Å². The van der Waals surface area contributed by atoms with Crippen LogP contribution in [-0.4, -0.2) is 48.6 Å². The Bertz CT molecular complexity index is 338. The Morgan fingerprint density at radius 3 is 2.28 bits per heavy atom. The van der Waals surface area contributed by atoms with Crippen molar-refractivity contribution in [3.8, 4) is 0 Å². The molecule has 0 aromatic carbocycles. The van der Waals surface area contributed by atoms with E-state index < -0.39 is 10.2 Å². The minimum atomic E-state index is -3.29. The second-order valence-corrected chi connectivity index (χ2v) is 7.40. The van der Waals surface area contributed by atoms with Crippen molar-refractivity contribution >= 4 is 21.8 Å². The highest BCUT2D eigenvalue weighted by Gasteiger charge is 2.33. The first-order valence-corrected chi connectivity index (χ1v) is 8.69. The van der Waals surface area contributed by atoms with E-state index in [1.165, 1.54) is 0 Å². The zero-order valence-electron chi connectivity index (χ0n) is 11.6. The van der Waals surface area contributed by atoms with Crippen molar-refractivity contribution in [2.75, 3.05) is 25.5 Å². The van der Waals surface area contributed by atoms with Crippen LogP contribution in [0.5, 0.6) is 0 Å². The first kappa shape index (κ1) is 16.2. The average molecular weight is 297 g/mol. The van der Waals surface area contributed by atoms with E-state index in [0.29, 0.717) is 31.4 Å². The minimum Gasteiger partial charge on any atom is -0.195 e. The first-order valence-electron chi connectivity index (χ1n) is 6.76. The number of rotatable bonds is 6. The lowest BCUT2D eigenvalue weighted by atomic mass is 10.0. The van der Waals surface area contributed by atoms with Crippen LogP contribution < -0.4 is 0 Å². The van der Waals surface area contributed by atoms with Gasteiger partial charge >= 0.3 is 0 Å². The van der Waals surface area contributed by atoms with Crippen LogP contribution in [0.2, 0.25) is 0 Å². The number of halogens is 1. The summed E-state index contributed by atoms with van der Waals surface area (Å²) in [7, 11) is -3.29. The molecule has 1 aliphatic heterocycles. The lowest BCUT2D eigenvalue weighted by molar-refractivity contribution is 0.253. The van der Waals surface area contributed by atoms with Crippen molar-refractivity contribution in [2.24, 2.45) is 5.92 Å². The molecule has 1 fully saturated rings. The van der Waals surface area contributed by atoms with Gasteiger partial charge < -0.3 is 0 Å². The van der Waals surface area contributed by atoms with Crippen molar-refractivity contribution in [2.45, 2.75) is 46.1 Å². The Kier molecular flexibility index (Phi) is 6.38. The molecule has 0 aromatic rings. The predicted molar refractivity (Wildman–Crippen MR) is 76.1 cm³/mol. The third-order valence-electron chi connectivity index (χ3n) is 3.43. The molecule has 1 aliphatic rings. The molecule has 108 valence electrons. The summed E-state index contributed by atoms with van der Waals surface area (Å²) in [6, 6.07) is 0.0145. The fourth-order valence-electron chi connectivity index (χ4n) is 2.30. The number of hydrogen-bond acceptors (Lipinski definition) is 2. The molecule has 0 bridgehead atoms. The molecule has 0 saturated carbocycles. The summed E-state index contributed by atoms with van der Waals surface area (Å²) in [6.07, 6.45) is 2.59. The summed E-state index contributed by atoms with van der Waals surface area (Å²) < 4.78 is 28.3. The van der Waals surface area contributed by atoms with E-state index >= 15 is 0 Å². The van der Waals surface area contributed by atoms with Crippen molar-refractivity contribution in [3.05, 3.63) is 0 Å². The lowest BCUT2D eigenvalue weighted by Crippen LogP contribution is -2.49. The van der Waals surface area contributed by atoms with Crippen LogP contribution >= 0.6 is 11.6 Å². The number of alkyl halides is 1. The first-order chi connectivity index (χ1) is 8.43. The molecule has 1 rings (SSSR count). The van der Waals surface area contributed by atoms with E-state index in [2.05, 4.69) is 0 Å². The summed E-state index contributed by atoms with van der Waals surface area (Å²) >= 11 is 5.83. The van der Waals surface area contributed by atoms with Gasteiger partial charge in [-0.05, 0) is 39.0 Å². The quantitative estimate of drug-likeness (QED) is 0.706. The maximum Gasteiger partial charge on any atom is 0.282 e. The van der Waals surface area contributed by atoms with E-state index in [-0.39, 0.29) is 6.04 Å². The zero-order valence-corrected chi connectivity index (χ0v) is 13.2. The third-order valence-corrected chi connectivity index (χ3v) is 6.09. The molecule has 0 amide bonds. The van der Waals surface area contributed by atoms with Crippen LogP contribution in [0.1, 0.15) is 40.0 Å². The van der Waals surface area contributed by atoms with E-state index in [0.717, 1.165) is 19.3 Å². The molecular formula is C12H25ClN2O2S. The molecule has 0 aliphatic carbocycles. The molecule has 0 aromatic heterocycles. The van der Waals surface area contributed by atoms with Crippen LogP contribution in [-0.2, 0) is 10.2 Å². The van der Waals surface area contributed by atoms with Gasteiger partial charge in [-0.25, -0.2) is 0 Å². The smallest absolute Gasteiger partial charge is 0.195 e. The fraction of sp³-hybridized carbons (Fsp3) is 1.00. The highest BCUT2D eigenvalue weighted by Crippen LogP contribution is 2.23. The topological polar surface area (TPSA) is 40.6 Å². The summed E-state index contributed by atoms with van der Waals surface area (Å²) in [4.78, 5) is 0. The van der Waals surface area contributed by atoms with Gasteiger partial charge in [-0.1, -0.05) is 6.92 Å². The summed E-state index contributed by atoms with van der Waals surface area (Å²) in [5.41, 5.74) is 0. The van der Waals surface area contributed by atoms with Gasteiger partial charge in [-0.15, -0.1) is 11.6 Å². The number of piperidine rings is 1. The van der Waals surface area contributed by atoms with Crippen molar-refractivity contribution in [3.63, 3.8) is 0 Å². The number of hydrogen-bond donors (Lipinski definition) is 0. The van der Waals surface area contributed by atoms with E-state index in [4.69, 9.17) is 11.6 Å². The fourth-order valence-corrected chi connectivity index (χ4v) is 4.53. The normalized spacial score (nSPS) is 19.9. The predicted octanol–water partition coefficient (Wildman–Crippen LogP) is 2.30. The van der Waals surface area contributed by atoms with Crippen LogP contribution in [0.3, 0.4) is 0 Å². The second-order valence-electron chi connectivity index (χ2n) is 5.21. The molecule has 1 heterocycles. The molecule has 4 nitrogen and oxygen atoms in total. The molecule has 0 radical (unpaired) electrons. The van der Waals surface area contributed by atoms with Crippen LogP contribution in [0.15, 0.2) is 0 Å². The second kappa shape index (κ2) is 7.08. The maximum atomic E-state index is 12.5. The minimum absolute atomic E-state index is 0.0145. The van der Waals surface area contributed by atoms with Gasteiger partial charge in [0.2, 0.25) is 0 Å². The summed E-state index contributed by atoms with van der Waals surface area (Å²) in [5.74, 6) is 1.10. The van der Waals surface area contributed by atoms with Crippen LogP contribution in [0.4, 0.5) is 0 Å². The SMILES string of the molecule is CCCN(C(C)C)S(=O)(=O)N1CCC(CCl)CC1. The van der Waals surface area contributed by atoms with Gasteiger partial charge in [0.25, 0.3) is 10.2 Å². The van der Waals surface area contributed by atoms with Gasteiger partial charge in [0.05, 0.1) is 0 Å². The summed E-state index contributed by atoms with van der Waals surface area (Å²) in [5, 5.41) is 0. The average Bonchev–Trinajstić information content (AvgIpc) is 2.35. The number of nitrogens with zero attached hydrogens (tertiary/aromatic N) is 2. The molecule has 0 N–H and O–H groups in total. The molecule has 18 heavy (non-hydrogen) atoms. The van der Waals surface area contributed by atoms with Gasteiger partial charge in [-0.3, -0.25) is 0 Å². The van der Waals surface area contributed by atoms with Gasteiger partial charge in [0, 0.05) is 31.6 Å². The van der Waals surface area contributed by atoms with E-state index in [1.54, 1.807) is 8.61 Å².